The van der Waals surface area contributed by atoms with Gasteiger partial charge in [0.2, 0.25) is 0 Å². The lowest BCUT2D eigenvalue weighted by Gasteiger charge is -2.19. The number of carbonyl (C=O) groups excluding carboxylic acids is 1. The van der Waals surface area contributed by atoms with Gasteiger partial charge in [-0.25, -0.2) is 9.18 Å². The molecule has 5 heteroatoms. The van der Waals surface area contributed by atoms with Crippen molar-refractivity contribution in [1.29, 1.82) is 0 Å². The van der Waals surface area contributed by atoms with Crippen molar-refractivity contribution in [2.45, 2.75) is 38.9 Å². The molecule has 1 atom stereocenters. The molecule has 2 aromatic carbocycles. The van der Waals surface area contributed by atoms with Crippen molar-refractivity contribution in [1.82, 2.24) is 15.5 Å². The second-order valence-electron chi connectivity index (χ2n) is 7.72. The minimum Gasteiger partial charge on any atom is -0.334 e. The van der Waals surface area contributed by atoms with Crippen molar-refractivity contribution in [2.75, 3.05) is 14.1 Å². The SMILES string of the molecule is Cc1ccc(C(NC(=O)NCc2ccc(F)c(CN(C)C)c2)C2CC2)cc1. The van der Waals surface area contributed by atoms with E-state index in [1.54, 1.807) is 6.07 Å². The first-order valence-corrected chi connectivity index (χ1v) is 9.45. The highest BCUT2D eigenvalue weighted by Crippen LogP contribution is 2.41. The zero-order chi connectivity index (χ0) is 19.4. The predicted molar refractivity (Wildman–Crippen MR) is 106 cm³/mol. The molecule has 0 bridgehead atoms. The maximum atomic E-state index is 13.9. The molecule has 2 aromatic rings. The molecule has 1 unspecified atom stereocenters. The number of halogens is 1. The summed E-state index contributed by atoms with van der Waals surface area (Å²) in [7, 11) is 3.81. The average molecular weight is 369 g/mol. The van der Waals surface area contributed by atoms with Crippen LogP contribution in [0.3, 0.4) is 0 Å². The molecule has 1 saturated carbocycles. The number of urea groups is 1. The van der Waals surface area contributed by atoms with Crippen molar-refractivity contribution >= 4 is 6.03 Å². The van der Waals surface area contributed by atoms with Gasteiger partial charge in [0.05, 0.1) is 6.04 Å². The van der Waals surface area contributed by atoms with Crippen molar-refractivity contribution < 1.29 is 9.18 Å². The first kappa shape index (κ1) is 19.4. The molecule has 1 fully saturated rings. The van der Waals surface area contributed by atoms with Gasteiger partial charge >= 0.3 is 6.03 Å². The Balaban J connectivity index is 1.59. The predicted octanol–water partition coefficient (Wildman–Crippen LogP) is 4.15. The monoisotopic (exact) mass is 369 g/mol. The molecule has 1 aliphatic carbocycles. The summed E-state index contributed by atoms with van der Waals surface area (Å²) in [5, 5.41) is 6.02. The number of nitrogens with one attached hydrogen (secondary N) is 2. The summed E-state index contributed by atoms with van der Waals surface area (Å²) >= 11 is 0. The minimum absolute atomic E-state index is 0.0446. The zero-order valence-corrected chi connectivity index (χ0v) is 16.3. The number of amides is 2. The van der Waals surface area contributed by atoms with Gasteiger partial charge in [0.1, 0.15) is 5.82 Å². The van der Waals surface area contributed by atoms with Gasteiger partial charge in [0.25, 0.3) is 0 Å². The van der Waals surface area contributed by atoms with E-state index in [9.17, 15) is 9.18 Å². The molecule has 0 aliphatic heterocycles. The van der Waals surface area contributed by atoms with Crippen molar-refractivity contribution in [3.8, 4) is 0 Å². The van der Waals surface area contributed by atoms with E-state index in [0.717, 1.165) is 24.0 Å². The fraction of sp³-hybridized carbons (Fsp3) is 0.409. The van der Waals surface area contributed by atoms with Gasteiger partial charge in [0.15, 0.2) is 0 Å². The summed E-state index contributed by atoms with van der Waals surface area (Å²) < 4.78 is 13.9. The van der Waals surface area contributed by atoms with E-state index in [0.29, 0.717) is 24.6 Å². The van der Waals surface area contributed by atoms with Crippen LogP contribution in [-0.4, -0.2) is 25.0 Å². The number of aryl methyl sites for hydroxylation is 1. The summed E-state index contributed by atoms with van der Waals surface area (Å²) in [5.41, 5.74) is 3.88. The lowest BCUT2D eigenvalue weighted by atomic mass is 10.0. The second kappa shape index (κ2) is 8.53. The highest BCUT2D eigenvalue weighted by atomic mass is 19.1. The largest absolute Gasteiger partial charge is 0.334 e. The Labute approximate surface area is 160 Å². The maximum Gasteiger partial charge on any atom is 0.315 e. The van der Waals surface area contributed by atoms with Gasteiger partial charge in [0, 0.05) is 18.7 Å². The normalized spacial score (nSPS) is 14.9. The van der Waals surface area contributed by atoms with Crippen LogP contribution in [0, 0.1) is 18.7 Å². The third-order valence-electron chi connectivity index (χ3n) is 4.87. The fourth-order valence-electron chi connectivity index (χ4n) is 3.25. The van der Waals surface area contributed by atoms with E-state index >= 15 is 0 Å². The van der Waals surface area contributed by atoms with Gasteiger partial charge in [-0.2, -0.15) is 0 Å². The zero-order valence-electron chi connectivity index (χ0n) is 16.3. The summed E-state index contributed by atoms with van der Waals surface area (Å²) in [6, 6.07) is 13.2. The van der Waals surface area contributed by atoms with Gasteiger partial charge in [-0.15, -0.1) is 0 Å². The van der Waals surface area contributed by atoms with Gasteiger partial charge in [-0.05, 0) is 63.0 Å². The van der Waals surface area contributed by atoms with E-state index in [-0.39, 0.29) is 17.9 Å². The molecular formula is C22H28FN3O. The molecule has 3 rings (SSSR count). The summed E-state index contributed by atoms with van der Waals surface area (Å²) in [6.07, 6.45) is 2.29. The quantitative estimate of drug-likeness (QED) is 0.770. The first-order chi connectivity index (χ1) is 12.9. The van der Waals surface area contributed by atoms with Crippen LogP contribution in [0.25, 0.3) is 0 Å². The number of benzene rings is 2. The van der Waals surface area contributed by atoms with E-state index in [4.69, 9.17) is 0 Å². The Morgan fingerprint density at radius 1 is 1.19 bits per heavy atom. The van der Waals surface area contributed by atoms with E-state index < -0.39 is 0 Å². The van der Waals surface area contributed by atoms with E-state index in [1.165, 1.54) is 11.6 Å². The number of carbonyl (C=O) groups is 1. The standard InChI is InChI=1S/C22H28FN3O/c1-15-4-7-17(8-5-15)21(18-9-10-18)25-22(27)24-13-16-6-11-20(23)19(12-16)14-26(2)3/h4-8,11-12,18,21H,9-10,13-14H2,1-3H3,(H2,24,25,27). The van der Waals surface area contributed by atoms with Crippen LogP contribution in [-0.2, 0) is 13.1 Å². The third kappa shape index (κ3) is 5.54. The molecule has 27 heavy (non-hydrogen) atoms. The third-order valence-corrected chi connectivity index (χ3v) is 4.87. The van der Waals surface area contributed by atoms with Crippen molar-refractivity contribution in [3.63, 3.8) is 0 Å². The van der Waals surface area contributed by atoms with Crippen molar-refractivity contribution in [2.24, 2.45) is 5.92 Å². The molecular weight excluding hydrogens is 341 g/mol. The number of rotatable bonds is 7. The summed E-state index contributed by atoms with van der Waals surface area (Å²) in [5.74, 6) is 0.293. The summed E-state index contributed by atoms with van der Waals surface area (Å²) in [4.78, 5) is 14.3. The molecule has 4 nitrogen and oxygen atoms in total. The van der Waals surface area contributed by atoms with Crippen LogP contribution in [0.15, 0.2) is 42.5 Å². The molecule has 0 aromatic heterocycles. The Hall–Kier alpha value is -2.40. The van der Waals surface area contributed by atoms with Crippen molar-refractivity contribution in [3.05, 3.63) is 70.5 Å². The highest BCUT2D eigenvalue weighted by Gasteiger charge is 2.33. The Morgan fingerprint density at radius 2 is 1.89 bits per heavy atom. The Bertz CT molecular complexity index is 785. The van der Waals surface area contributed by atoms with Crippen LogP contribution in [0.5, 0.6) is 0 Å². The Morgan fingerprint density at radius 3 is 2.52 bits per heavy atom. The van der Waals surface area contributed by atoms with E-state index in [1.807, 2.05) is 25.1 Å². The van der Waals surface area contributed by atoms with E-state index in [2.05, 4.69) is 41.8 Å². The molecule has 0 saturated heterocycles. The lowest BCUT2D eigenvalue weighted by Crippen LogP contribution is -2.38. The number of hydrogen-bond acceptors (Lipinski definition) is 2. The minimum atomic E-state index is -0.218. The Kier molecular flexibility index (Phi) is 6.11. The fourth-order valence-corrected chi connectivity index (χ4v) is 3.25. The van der Waals surface area contributed by atoms with Gasteiger partial charge in [-0.1, -0.05) is 35.9 Å². The molecule has 0 radical (unpaired) electrons. The molecule has 2 N–H and O–H groups in total. The van der Waals surface area contributed by atoms with Gasteiger partial charge in [-0.3, -0.25) is 0 Å². The molecule has 0 heterocycles. The second-order valence-corrected chi connectivity index (χ2v) is 7.72. The van der Waals surface area contributed by atoms with Crippen LogP contribution >= 0.6 is 0 Å². The van der Waals surface area contributed by atoms with Gasteiger partial charge < -0.3 is 15.5 Å². The lowest BCUT2D eigenvalue weighted by molar-refractivity contribution is 0.235. The number of nitrogens with zero attached hydrogens (tertiary/aromatic N) is 1. The molecule has 0 spiro atoms. The van der Waals surface area contributed by atoms with Crippen LogP contribution < -0.4 is 10.6 Å². The topological polar surface area (TPSA) is 44.4 Å². The van der Waals surface area contributed by atoms with Crippen LogP contribution in [0.1, 0.15) is 41.1 Å². The highest BCUT2D eigenvalue weighted by molar-refractivity contribution is 5.74. The molecule has 1 aliphatic rings. The van der Waals surface area contributed by atoms with Crippen LogP contribution in [0.4, 0.5) is 9.18 Å². The smallest absolute Gasteiger partial charge is 0.315 e. The summed E-state index contributed by atoms with van der Waals surface area (Å²) in [6.45, 7) is 2.96. The number of hydrogen-bond donors (Lipinski definition) is 2. The molecule has 144 valence electrons. The van der Waals surface area contributed by atoms with Crippen LogP contribution in [0.2, 0.25) is 0 Å². The average Bonchev–Trinajstić information content (AvgIpc) is 3.46. The molecule has 2 amide bonds. The first-order valence-electron chi connectivity index (χ1n) is 9.45. The maximum absolute atomic E-state index is 13.9.